The Morgan fingerprint density at radius 2 is 2.05 bits per heavy atom. The molecule has 1 aromatic carbocycles. The topological polar surface area (TPSA) is 66.6 Å². The van der Waals surface area contributed by atoms with Gasteiger partial charge in [-0.1, -0.05) is 12.1 Å². The fourth-order valence-electron chi connectivity index (χ4n) is 1.64. The molecule has 0 saturated carbocycles. The summed E-state index contributed by atoms with van der Waals surface area (Å²) in [6.07, 6.45) is -4.38. The second-order valence-electron chi connectivity index (χ2n) is 3.98. The van der Waals surface area contributed by atoms with Gasteiger partial charge in [0.15, 0.2) is 0 Å². The lowest BCUT2D eigenvalue weighted by Crippen LogP contribution is -2.35. The van der Waals surface area contributed by atoms with E-state index in [2.05, 4.69) is 0 Å². The first kappa shape index (κ1) is 15.4. The molecule has 0 saturated heterocycles. The molecule has 0 atom stereocenters. The summed E-state index contributed by atoms with van der Waals surface area (Å²) in [4.78, 5) is 10.9. The molecule has 0 spiro atoms. The van der Waals surface area contributed by atoms with E-state index in [9.17, 15) is 23.3 Å². The molecule has 0 unspecified atom stereocenters. The van der Waals surface area contributed by atoms with Crippen LogP contribution in [0.3, 0.4) is 0 Å². The normalized spacial score (nSPS) is 11.8. The predicted molar refractivity (Wildman–Crippen MR) is 61.5 cm³/mol. The Kier molecular flexibility index (Phi) is 5.25. The van der Waals surface area contributed by atoms with E-state index in [1.807, 2.05) is 0 Å². The Morgan fingerprint density at radius 3 is 2.58 bits per heavy atom. The number of benzene rings is 1. The summed E-state index contributed by atoms with van der Waals surface area (Å²) in [5, 5.41) is 19.3. The van der Waals surface area contributed by atoms with Crippen LogP contribution < -0.4 is 0 Å². The Hall–Kier alpha value is -1.67. The van der Waals surface area contributed by atoms with Gasteiger partial charge in [0.2, 0.25) is 0 Å². The molecular formula is C11H13F3N2O3. The number of halogens is 3. The van der Waals surface area contributed by atoms with E-state index in [0.29, 0.717) is 5.56 Å². The van der Waals surface area contributed by atoms with Crippen molar-refractivity contribution in [3.63, 3.8) is 0 Å². The number of nitro groups is 1. The molecule has 0 aromatic heterocycles. The molecule has 0 aliphatic heterocycles. The van der Waals surface area contributed by atoms with Crippen molar-refractivity contribution in [3.8, 4) is 0 Å². The zero-order valence-electron chi connectivity index (χ0n) is 9.93. The van der Waals surface area contributed by atoms with E-state index in [0.717, 1.165) is 4.90 Å². The highest BCUT2D eigenvalue weighted by molar-refractivity contribution is 5.34. The lowest BCUT2D eigenvalue weighted by molar-refractivity contribution is -0.384. The highest BCUT2D eigenvalue weighted by Gasteiger charge is 2.30. The molecule has 0 aliphatic carbocycles. The average molecular weight is 278 g/mol. The molecule has 0 radical (unpaired) electrons. The summed E-state index contributed by atoms with van der Waals surface area (Å²) in [6, 6.07) is 5.41. The van der Waals surface area contributed by atoms with Crippen LogP contribution >= 0.6 is 0 Å². The van der Waals surface area contributed by atoms with Gasteiger partial charge in [-0.15, -0.1) is 0 Å². The van der Waals surface area contributed by atoms with Crippen LogP contribution in [0.15, 0.2) is 24.3 Å². The number of nitrogens with zero attached hydrogens (tertiary/aromatic N) is 2. The maximum atomic E-state index is 12.3. The Labute approximate surface area is 107 Å². The van der Waals surface area contributed by atoms with Gasteiger partial charge >= 0.3 is 6.18 Å². The minimum absolute atomic E-state index is 0.109. The minimum atomic E-state index is -4.38. The third kappa shape index (κ3) is 5.66. The van der Waals surface area contributed by atoms with Crippen LogP contribution in [0.1, 0.15) is 5.56 Å². The van der Waals surface area contributed by atoms with Crippen molar-refractivity contribution in [1.82, 2.24) is 4.90 Å². The largest absolute Gasteiger partial charge is 0.401 e. The summed E-state index contributed by atoms with van der Waals surface area (Å²) in [7, 11) is 0. The first-order valence-electron chi connectivity index (χ1n) is 5.45. The van der Waals surface area contributed by atoms with Gasteiger partial charge in [-0.05, 0) is 5.56 Å². The highest BCUT2D eigenvalue weighted by atomic mass is 19.4. The van der Waals surface area contributed by atoms with Crippen LogP contribution in [0, 0.1) is 10.1 Å². The van der Waals surface area contributed by atoms with Crippen molar-refractivity contribution in [3.05, 3.63) is 39.9 Å². The summed E-state index contributed by atoms with van der Waals surface area (Å²) in [5.74, 6) is 0. The SMILES string of the molecule is O=[N+]([O-])c1cccc(CN(CCO)CC(F)(F)F)c1. The van der Waals surface area contributed by atoms with Crippen molar-refractivity contribution in [2.24, 2.45) is 0 Å². The monoisotopic (exact) mass is 278 g/mol. The van der Waals surface area contributed by atoms with Gasteiger partial charge in [0.05, 0.1) is 18.1 Å². The lowest BCUT2D eigenvalue weighted by atomic mass is 10.2. The average Bonchev–Trinajstić information content (AvgIpc) is 2.27. The van der Waals surface area contributed by atoms with Gasteiger partial charge in [-0.3, -0.25) is 15.0 Å². The van der Waals surface area contributed by atoms with Crippen molar-refractivity contribution in [2.45, 2.75) is 12.7 Å². The van der Waals surface area contributed by atoms with Gasteiger partial charge in [-0.2, -0.15) is 13.2 Å². The Morgan fingerprint density at radius 1 is 1.37 bits per heavy atom. The molecule has 1 aromatic rings. The molecular weight excluding hydrogens is 265 g/mol. The molecule has 8 heteroatoms. The van der Waals surface area contributed by atoms with E-state index >= 15 is 0 Å². The third-order valence-corrected chi connectivity index (χ3v) is 2.35. The summed E-state index contributed by atoms with van der Waals surface area (Å²) in [6.45, 7) is -1.84. The third-order valence-electron chi connectivity index (χ3n) is 2.35. The number of aliphatic hydroxyl groups is 1. The van der Waals surface area contributed by atoms with Crippen LogP contribution in [0.25, 0.3) is 0 Å². The zero-order valence-corrected chi connectivity index (χ0v) is 9.93. The number of aliphatic hydroxyl groups excluding tert-OH is 1. The van der Waals surface area contributed by atoms with Crippen LogP contribution in [0.2, 0.25) is 0 Å². The van der Waals surface area contributed by atoms with Gasteiger partial charge in [0, 0.05) is 25.2 Å². The molecule has 0 amide bonds. The van der Waals surface area contributed by atoms with Crippen LogP contribution in [0.4, 0.5) is 18.9 Å². The second-order valence-corrected chi connectivity index (χ2v) is 3.98. The fraction of sp³-hybridized carbons (Fsp3) is 0.455. The van der Waals surface area contributed by atoms with E-state index in [1.54, 1.807) is 0 Å². The van der Waals surface area contributed by atoms with Crippen LogP contribution in [-0.4, -0.2) is 40.8 Å². The number of non-ortho nitro benzene ring substituents is 1. The smallest absolute Gasteiger partial charge is 0.395 e. The van der Waals surface area contributed by atoms with Gasteiger partial charge in [0.1, 0.15) is 0 Å². The van der Waals surface area contributed by atoms with Gasteiger partial charge in [0.25, 0.3) is 5.69 Å². The summed E-state index contributed by atoms with van der Waals surface area (Å²) < 4.78 is 36.9. The molecule has 0 heterocycles. The molecule has 0 bridgehead atoms. The molecule has 19 heavy (non-hydrogen) atoms. The number of alkyl halides is 3. The summed E-state index contributed by atoms with van der Waals surface area (Å²) >= 11 is 0. The molecule has 0 aliphatic rings. The van der Waals surface area contributed by atoms with Crippen LogP contribution in [-0.2, 0) is 6.54 Å². The number of hydrogen-bond donors (Lipinski definition) is 1. The Balaban J connectivity index is 2.78. The van der Waals surface area contributed by atoms with Gasteiger partial charge < -0.3 is 5.11 Å². The lowest BCUT2D eigenvalue weighted by Gasteiger charge is -2.22. The predicted octanol–water partition coefficient (Wildman–Crippen LogP) is 1.95. The van der Waals surface area contributed by atoms with E-state index < -0.39 is 24.3 Å². The molecule has 0 fully saturated rings. The maximum absolute atomic E-state index is 12.3. The number of hydrogen-bond acceptors (Lipinski definition) is 4. The van der Waals surface area contributed by atoms with Crippen molar-refractivity contribution in [2.75, 3.05) is 19.7 Å². The molecule has 106 valence electrons. The van der Waals surface area contributed by atoms with Gasteiger partial charge in [-0.25, -0.2) is 0 Å². The zero-order chi connectivity index (χ0) is 14.5. The maximum Gasteiger partial charge on any atom is 0.401 e. The minimum Gasteiger partial charge on any atom is -0.395 e. The first-order chi connectivity index (χ1) is 8.81. The number of rotatable bonds is 6. The Bertz CT molecular complexity index is 437. The standard InChI is InChI=1S/C11H13F3N2O3/c12-11(13,14)8-15(4-5-17)7-9-2-1-3-10(6-9)16(18)19/h1-3,6,17H,4-5,7-8H2. The van der Waals surface area contributed by atoms with E-state index in [4.69, 9.17) is 5.11 Å². The molecule has 5 nitrogen and oxygen atoms in total. The first-order valence-corrected chi connectivity index (χ1v) is 5.45. The second kappa shape index (κ2) is 6.48. The van der Waals surface area contributed by atoms with Crippen molar-refractivity contribution < 1.29 is 23.2 Å². The molecule has 1 rings (SSSR count). The van der Waals surface area contributed by atoms with Crippen LogP contribution in [0.5, 0.6) is 0 Å². The molecule has 1 N–H and O–H groups in total. The van der Waals surface area contributed by atoms with E-state index in [1.165, 1.54) is 24.3 Å². The number of nitro benzene ring substituents is 1. The highest BCUT2D eigenvalue weighted by Crippen LogP contribution is 2.19. The van der Waals surface area contributed by atoms with E-state index in [-0.39, 0.29) is 18.8 Å². The van der Waals surface area contributed by atoms with Crippen molar-refractivity contribution >= 4 is 5.69 Å². The summed E-state index contributed by atoms with van der Waals surface area (Å²) in [5.41, 5.74) is 0.223. The quantitative estimate of drug-likeness (QED) is 0.638. The van der Waals surface area contributed by atoms with Crippen molar-refractivity contribution in [1.29, 1.82) is 0 Å². The fourth-order valence-corrected chi connectivity index (χ4v) is 1.64.